The highest BCUT2D eigenvalue weighted by molar-refractivity contribution is 5.84. The monoisotopic (exact) mass is 216 g/mol. The number of carboxylic acids is 1. The van der Waals surface area contributed by atoms with E-state index in [2.05, 4.69) is 5.32 Å². The van der Waals surface area contributed by atoms with Gasteiger partial charge in [0.15, 0.2) is 0 Å². The summed E-state index contributed by atoms with van der Waals surface area (Å²) in [5, 5.41) is 11.4. The van der Waals surface area contributed by atoms with E-state index in [0.717, 1.165) is 0 Å². The van der Waals surface area contributed by atoms with Crippen LogP contribution >= 0.6 is 0 Å². The first kappa shape index (κ1) is 13.9. The summed E-state index contributed by atoms with van der Waals surface area (Å²) in [5.41, 5.74) is 5.32. The standard InChI is InChI=1S/C10H20N2O3/c1-6(2)8(10(14)15)12-9(13)7(3)4-5-11/h6-8H,4-5,11H2,1-3H3,(H,12,13)(H,14,15). The topological polar surface area (TPSA) is 92.4 Å². The lowest BCUT2D eigenvalue weighted by molar-refractivity contribution is -0.143. The maximum absolute atomic E-state index is 11.5. The van der Waals surface area contributed by atoms with Crippen molar-refractivity contribution in [2.24, 2.45) is 17.6 Å². The molecule has 2 unspecified atom stereocenters. The van der Waals surface area contributed by atoms with Crippen molar-refractivity contribution in [2.45, 2.75) is 33.2 Å². The van der Waals surface area contributed by atoms with Crippen LogP contribution in [0.5, 0.6) is 0 Å². The second-order valence-corrected chi connectivity index (χ2v) is 4.05. The lowest BCUT2D eigenvalue weighted by Crippen LogP contribution is -2.46. The molecule has 0 fully saturated rings. The van der Waals surface area contributed by atoms with E-state index in [-0.39, 0.29) is 17.7 Å². The van der Waals surface area contributed by atoms with Crippen LogP contribution in [-0.4, -0.2) is 29.6 Å². The van der Waals surface area contributed by atoms with E-state index >= 15 is 0 Å². The number of aliphatic carboxylic acids is 1. The van der Waals surface area contributed by atoms with Crippen LogP contribution in [0.15, 0.2) is 0 Å². The number of hydrogen-bond donors (Lipinski definition) is 3. The summed E-state index contributed by atoms with van der Waals surface area (Å²) in [7, 11) is 0. The van der Waals surface area contributed by atoms with Crippen LogP contribution in [0, 0.1) is 11.8 Å². The van der Waals surface area contributed by atoms with Crippen LogP contribution in [0.1, 0.15) is 27.2 Å². The lowest BCUT2D eigenvalue weighted by Gasteiger charge is -2.20. The first-order valence-electron chi connectivity index (χ1n) is 5.13. The fourth-order valence-corrected chi connectivity index (χ4v) is 1.19. The molecular formula is C10H20N2O3. The van der Waals surface area contributed by atoms with E-state index < -0.39 is 12.0 Å². The summed E-state index contributed by atoms with van der Waals surface area (Å²) in [6.45, 7) is 5.68. The zero-order valence-corrected chi connectivity index (χ0v) is 9.49. The van der Waals surface area contributed by atoms with Crippen LogP contribution in [0.4, 0.5) is 0 Å². The van der Waals surface area contributed by atoms with Crippen LogP contribution in [-0.2, 0) is 9.59 Å². The van der Waals surface area contributed by atoms with Crippen LogP contribution in [0.3, 0.4) is 0 Å². The van der Waals surface area contributed by atoms with E-state index in [4.69, 9.17) is 10.8 Å². The molecule has 5 nitrogen and oxygen atoms in total. The van der Waals surface area contributed by atoms with E-state index in [1.807, 2.05) is 0 Å². The summed E-state index contributed by atoms with van der Waals surface area (Å²) in [5.74, 6) is -1.62. The van der Waals surface area contributed by atoms with Gasteiger partial charge in [-0.25, -0.2) is 4.79 Å². The zero-order valence-electron chi connectivity index (χ0n) is 9.49. The van der Waals surface area contributed by atoms with Crippen molar-refractivity contribution in [1.82, 2.24) is 5.32 Å². The molecule has 0 aliphatic heterocycles. The Kier molecular flexibility index (Phi) is 5.93. The summed E-state index contributed by atoms with van der Waals surface area (Å²) in [6, 6.07) is -0.822. The molecule has 5 heteroatoms. The number of carboxylic acid groups (broad SMARTS) is 1. The number of carbonyl (C=O) groups excluding carboxylic acids is 1. The Morgan fingerprint density at radius 3 is 2.20 bits per heavy atom. The average Bonchev–Trinajstić information content (AvgIpc) is 2.12. The highest BCUT2D eigenvalue weighted by Gasteiger charge is 2.25. The van der Waals surface area contributed by atoms with Crippen molar-refractivity contribution < 1.29 is 14.7 Å². The molecule has 0 spiro atoms. The molecule has 2 atom stereocenters. The summed E-state index contributed by atoms with van der Waals surface area (Å²) < 4.78 is 0. The van der Waals surface area contributed by atoms with Gasteiger partial charge in [0.05, 0.1) is 0 Å². The minimum absolute atomic E-state index is 0.128. The molecule has 4 N–H and O–H groups in total. The Morgan fingerprint density at radius 1 is 1.33 bits per heavy atom. The fourth-order valence-electron chi connectivity index (χ4n) is 1.19. The Balaban J connectivity index is 4.29. The maximum atomic E-state index is 11.5. The van der Waals surface area contributed by atoms with Crippen molar-refractivity contribution in [3.63, 3.8) is 0 Å². The molecule has 0 radical (unpaired) electrons. The maximum Gasteiger partial charge on any atom is 0.326 e. The smallest absolute Gasteiger partial charge is 0.326 e. The van der Waals surface area contributed by atoms with Gasteiger partial charge >= 0.3 is 5.97 Å². The number of nitrogens with one attached hydrogen (secondary N) is 1. The molecule has 0 bridgehead atoms. The quantitative estimate of drug-likeness (QED) is 0.591. The number of amides is 1. The molecule has 0 heterocycles. The van der Waals surface area contributed by atoms with Crippen LogP contribution in [0.25, 0.3) is 0 Å². The first-order valence-corrected chi connectivity index (χ1v) is 5.13. The highest BCUT2D eigenvalue weighted by atomic mass is 16.4. The van der Waals surface area contributed by atoms with Crippen molar-refractivity contribution in [3.05, 3.63) is 0 Å². The van der Waals surface area contributed by atoms with Gasteiger partial charge < -0.3 is 16.2 Å². The Bertz CT molecular complexity index is 229. The third-order valence-corrected chi connectivity index (χ3v) is 2.28. The predicted molar refractivity (Wildman–Crippen MR) is 57.2 cm³/mol. The van der Waals surface area contributed by atoms with Crippen molar-refractivity contribution >= 4 is 11.9 Å². The normalized spacial score (nSPS) is 14.7. The number of carbonyl (C=O) groups is 2. The van der Waals surface area contributed by atoms with Crippen LogP contribution in [0.2, 0.25) is 0 Å². The van der Waals surface area contributed by atoms with Gasteiger partial charge in [0.1, 0.15) is 6.04 Å². The summed E-state index contributed by atoms with van der Waals surface area (Å²) >= 11 is 0. The highest BCUT2D eigenvalue weighted by Crippen LogP contribution is 2.05. The molecular weight excluding hydrogens is 196 g/mol. The molecule has 0 rings (SSSR count). The van der Waals surface area contributed by atoms with Gasteiger partial charge in [-0.05, 0) is 18.9 Å². The molecule has 0 aromatic carbocycles. The van der Waals surface area contributed by atoms with Crippen LogP contribution < -0.4 is 11.1 Å². The van der Waals surface area contributed by atoms with Gasteiger partial charge in [0.2, 0.25) is 5.91 Å². The molecule has 0 aromatic heterocycles. The Morgan fingerprint density at radius 2 is 1.87 bits per heavy atom. The number of hydrogen-bond acceptors (Lipinski definition) is 3. The van der Waals surface area contributed by atoms with Gasteiger partial charge in [-0.1, -0.05) is 20.8 Å². The number of rotatable bonds is 6. The third-order valence-electron chi connectivity index (χ3n) is 2.28. The Labute approximate surface area is 90.0 Å². The van der Waals surface area contributed by atoms with Gasteiger partial charge in [0.25, 0.3) is 0 Å². The van der Waals surface area contributed by atoms with Crippen molar-refractivity contribution in [2.75, 3.05) is 6.54 Å². The van der Waals surface area contributed by atoms with Crippen molar-refractivity contribution in [1.29, 1.82) is 0 Å². The summed E-state index contributed by atoms with van der Waals surface area (Å²) in [6.07, 6.45) is 0.566. The van der Waals surface area contributed by atoms with E-state index in [0.29, 0.717) is 13.0 Å². The minimum atomic E-state index is -1.00. The van der Waals surface area contributed by atoms with Crippen molar-refractivity contribution in [3.8, 4) is 0 Å². The second-order valence-electron chi connectivity index (χ2n) is 4.05. The molecule has 0 saturated heterocycles. The number of nitrogens with two attached hydrogens (primary N) is 1. The SMILES string of the molecule is CC(CCN)C(=O)NC(C(=O)O)C(C)C. The largest absolute Gasteiger partial charge is 0.480 e. The molecule has 88 valence electrons. The van der Waals surface area contributed by atoms with Gasteiger partial charge in [0, 0.05) is 5.92 Å². The Hall–Kier alpha value is -1.10. The van der Waals surface area contributed by atoms with E-state index in [1.54, 1.807) is 20.8 Å². The molecule has 0 aromatic rings. The van der Waals surface area contributed by atoms with Gasteiger partial charge in [-0.2, -0.15) is 0 Å². The minimum Gasteiger partial charge on any atom is -0.480 e. The van der Waals surface area contributed by atoms with Gasteiger partial charge in [-0.15, -0.1) is 0 Å². The first-order chi connectivity index (χ1) is 6.90. The fraction of sp³-hybridized carbons (Fsp3) is 0.800. The summed E-state index contributed by atoms with van der Waals surface area (Å²) in [4.78, 5) is 22.3. The second kappa shape index (κ2) is 6.40. The average molecular weight is 216 g/mol. The van der Waals surface area contributed by atoms with E-state index in [1.165, 1.54) is 0 Å². The predicted octanol–water partition coefficient (Wildman–Crippen LogP) is 0.197. The molecule has 0 saturated carbocycles. The lowest BCUT2D eigenvalue weighted by atomic mass is 10.0. The molecule has 1 amide bonds. The third kappa shape index (κ3) is 4.78. The van der Waals surface area contributed by atoms with E-state index in [9.17, 15) is 9.59 Å². The molecule has 0 aliphatic carbocycles. The molecule has 0 aliphatic rings. The van der Waals surface area contributed by atoms with Gasteiger partial charge in [-0.3, -0.25) is 4.79 Å². The molecule has 15 heavy (non-hydrogen) atoms. The zero-order chi connectivity index (χ0) is 12.0.